The van der Waals surface area contributed by atoms with E-state index in [0.717, 1.165) is 0 Å². The van der Waals surface area contributed by atoms with Crippen molar-refractivity contribution >= 4 is 35.3 Å². The second kappa shape index (κ2) is 5.88. The second-order valence-electron chi connectivity index (χ2n) is 5.02. The van der Waals surface area contributed by atoms with Gasteiger partial charge < -0.3 is 19.6 Å². The fourth-order valence-corrected chi connectivity index (χ4v) is 3.66. The maximum absolute atomic E-state index is 12.4. The smallest absolute Gasteiger partial charge is 0.331 e. The zero-order valence-corrected chi connectivity index (χ0v) is 12.4. The van der Waals surface area contributed by atoms with E-state index in [0.29, 0.717) is 23.1 Å². The number of carboxylic acid groups (broad SMARTS) is 1. The van der Waals surface area contributed by atoms with Crippen molar-refractivity contribution in [3.63, 3.8) is 0 Å². The van der Waals surface area contributed by atoms with Crippen LogP contribution >= 0.6 is 11.8 Å². The Hall–Kier alpha value is -2.22. The molecule has 1 N–H and O–H groups in total. The standard InChI is InChI=1S/C14H14N2O5S/c17-12(16-8-22-7-10(16)14(19)20)5-15-6-13(18)21-11-4-2-1-3-9(11)15/h1-4,10H,5-8H2,(H,19,20). The Bertz CT molecular complexity index is 635. The molecule has 1 aromatic rings. The predicted octanol–water partition coefficient (Wildman–Crippen LogP) is 0.398. The SMILES string of the molecule is O=C1CN(CC(=O)N2CSCC2C(=O)O)c2ccccc2O1. The number of fused-ring (bicyclic) bond motifs is 1. The topological polar surface area (TPSA) is 87.2 Å². The molecule has 0 aliphatic carbocycles. The van der Waals surface area contributed by atoms with Crippen LogP contribution in [0.2, 0.25) is 0 Å². The van der Waals surface area contributed by atoms with Gasteiger partial charge in [0.2, 0.25) is 5.91 Å². The zero-order valence-electron chi connectivity index (χ0n) is 11.6. The molecular formula is C14H14N2O5S. The van der Waals surface area contributed by atoms with Gasteiger partial charge in [0.1, 0.15) is 12.6 Å². The lowest BCUT2D eigenvalue weighted by Gasteiger charge is -2.31. The van der Waals surface area contributed by atoms with Crippen LogP contribution in [0, 0.1) is 0 Å². The summed E-state index contributed by atoms with van der Waals surface area (Å²) in [5.74, 6) is -0.581. The molecule has 8 heteroatoms. The highest BCUT2D eigenvalue weighted by atomic mass is 32.2. The van der Waals surface area contributed by atoms with Gasteiger partial charge in [-0.2, -0.15) is 0 Å². The van der Waals surface area contributed by atoms with Crippen LogP contribution in [0.4, 0.5) is 5.69 Å². The molecule has 3 rings (SSSR count). The Morgan fingerprint density at radius 3 is 2.91 bits per heavy atom. The maximum Gasteiger partial charge on any atom is 0.331 e. The molecule has 0 radical (unpaired) electrons. The van der Waals surface area contributed by atoms with Crippen LogP contribution in [0.5, 0.6) is 5.75 Å². The van der Waals surface area contributed by atoms with Crippen molar-refractivity contribution in [2.75, 3.05) is 29.6 Å². The van der Waals surface area contributed by atoms with Crippen molar-refractivity contribution in [3.05, 3.63) is 24.3 Å². The molecule has 2 aliphatic heterocycles. The van der Waals surface area contributed by atoms with Crippen LogP contribution in [0.15, 0.2) is 24.3 Å². The summed E-state index contributed by atoms with van der Waals surface area (Å²) in [6, 6.07) is 6.17. The van der Waals surface area contributed by atoms with E-state index < -0.39 is 18.0 Å². The number of esters is 1. The van der Waals surface area contributed by atoms with E-state index in [1.165, 1.54) is 16.7 Å². The number of aliphatic carboxylic acids is 1. The van der Waals surface area contributed by atoms with Gasteiger partial charge in [-0.15, -0.1) is 11.8 Å². The van der Waals surface area contributed by atoms with Crippen molar-refractivity contribution in [2.45, 2.75) is 6.04 Å². The number of carbonyl (C=O) groups is 3. The molecule has 116 valence electrons. The minimum Gasteiger partial charge on any atom is -0.480 e. The van der Waals surface area contributed by atoms with Crippen LogP contribution in [-0.4, -0.2) is 58.6 Å². The molecule has 1 atom stereocenters. The third-order valence-electron chi connectivity index (χ3n) is 3.56. The lowest BCUT2D eigenvalue weighted by Crippen LogP contribution is -2.48. The Labute approximate surface area is 130 Å². The molecule has 2 aliphatic rings. The second-order valence-corrected chi connectivity index (χ2v) is 6.02. The molecule has 2 heterocycles. The number of thioether (sulfide) groups is 1. The van der Waals surface area contributed by atoms with Gasteiger partial charge in [0.05, 0.1) is 18.1 Å². The third kappa shape index (κ3) is 2.74. The first-order valence-corrected chi connectivity index (χ1v) is 7.86. The van der Waals surface area contributed by atoms with Gasteiger partial charge in [-0.3, -0.25) is 4.79 Å². The highest BCUT2D eigenvalue weighted by Crippen LogP contribution is 2.31. The van der Waals surface area contributed by atoms with Crippen molar-refractivity contribution in [1.29, 1.82) is 0 Å². The largest absolute Gasteiger partial charge is 0.480 e. The number of carbonyl (C=O) groups excluding carboxylic acids is 2. The van der Waals surface area contributed by atoms with Crippen molar-refractivity contribution in [3.8, 4) is 5.75 Å². The summed E-state index contributed by atoms with van der Waals surface area (Å²) in [4.78, 5) is 38.1. The van der Waals surface area contributed by atoms with E-state index in [9.17, 15) is 14.4 Å². The molecule has 0 bridgehead atoms. The summed E-state index contributed by atoms with van der Waals surface area (Å²) < 4.78 is 5.12. The highest BCUT2D eigenvalue weighted by molar-refractivity contribution is 7.99. The Balaban J connectivity index is 1.77. The lowest BCUT2D eigenvalue weighted by molar-refractivity contribution is -0.147. The van der Waals surface area contributed by atoms with Gasteiger partial charge in [-0.1, -0.05) is 12.1 Å². The van der Waals surface area contributed by atoms with E-state index in [1.807, 2.05) is 0 Å². The molecule has 1 fully saturated rings. The van der Waals surface area contributed by atoms with Gasteiger partial charge >= 0.3 is 11.9 Å². The van der Waals surface area contributed by atoms with E-state index in [4.69, 9.17) is 9.84 Å². The molecule has 1 unspecified atom stereocenters. The number of nitrogens with zero attached hydrogens (tertiary/aromatic N) is 2. The maximum atomic E-state index is 12.4. The molecule has 1 aromatic carbocycles. The molecule has 0 saturated carbocycles. The predicted molar refractivity (Wildman–Crippen MR) is 79.9 cm³/mol. The molecule has 22 heavy (non-hydrogen) atoms. The monoisotopic (exact) mass is 322 g/mol. The van der Waals surface area contributed by atoms with E-state index >= 15 is 0 Å². The van der Waals surface area contributed by atoms with Gasteiger partial charge in [-0.05, 0) is 12.1 Å². The molecule has 7 nitrogen and oxygen atoms in total. The fraction of sp³-hybridized carbons (Fsp3) is 0.357. The quantitative estimate of drug-likeness (QED) is 0.636. The van der Waals surface area contributed by atoms with Crippen LogP contribution < -0.4 is 9.64 Å². The zero-order chi connectivity index (χ0) is 15.7. The Morgan fingerprint density at radius 1 is 1.36 bits per heavy atom. The van der Waals surface area contributed by atoms with E-state index in [2.05, 4.69) is 0 Å². The summed E-state index contributed by atoms with van der Waals surface area (Å²) in [5.41, 5.74) is 0.661. The van der Waals surface area contributed by atoms with Crippen LogP contribution in [0.25, 0.3) is 0 Å². The molecule has 0 aromatic heterocycles. The number of benzene rings is 1. The number of hydrogen-bond donors (Lipinski definition) is 1. The van der Waals surface area contributed by atoms with Crippen molar-refractivity contribution in [2.24, 2.45) is 0 Å². The number of ether oxygens (including phenoxy) is 1. The highest BCUT2D eigenvalue weighted by Gasteiger charge is 2.36. The minimum absolute atomic E-state index is 0.0263. The van der Waals surface area contributed by atoms with Gasteiger partial charge in [0.15, 0.2) is 5.75 Å². The summed E-state index contributed by atoms with van der Waals surface area (Å²) in [6.45, 7) is -0.0715. The summed E-state index contributed by atoms with van der Waals surface area (Å²) in [7, 11) is 0. The number of rotatable bonds is 3. The number of hydrogen-bond acceptors (Lipinski definition) is 6. The first-order chi connectivity index (χ1) is 10.6. The fourth-order valence-electron chi connectivity index (χ4n) is 2.49. The molecule has 0 spiro atoms. The van der Waals surface area contributed by atoms with Gasteiger partial charge in [0.25, 0.3) is 0 Å². The minimum atomic E-state index is -1.00. The molecular weight excluding hydrogens is 308 g/mol. The number of amides is 1. The third-order valence-corrected chi connectivity index (χ3v) is 4.58. The van der Waals surface area contributed by atoms with Crippen LogP contribution in [-0.2, 0) is 14.4 Å². The Morgan fingerprint density at radius 2 is 2.14 bits per heavy atom. The first-order valence-electron chi connectivity index (χ1n) is 6.71. The van der Waals surface area contributed by atoms with Gasteiger partial charge in [-0.25, -0.2) is 9.59 Å². The van der Waals surface area contributed by atoms with Gasteiger partial charge in [0, 0.05) is 5.75 Å². The summed E-state index contributed by atoms with van der Waals surface area (Å²) in [5, 5.41) is 9.14. The lowest BCUT2D eigenvalue weighted by atomic mass is 10.2. The number of anilines is 1. The number of para-hydroxylation sites is 2. The van der Waals surface area contributed by atoms with E-state index in [1.54, 1.807) is 29.2 Å². The van der Waals surface area contributed by atoms with Crippen molar-refractivity contribution < 1.29 is 24.2 Å². The Kier molecular flexibility index (Phi) is 3.93. The summed E-state index contributed by atoms with van der Waals surface area (Å²) in [6.07, 6.45) is 0. The average Bonchev–Trinajstić information content (AvgIpc) is 2.96. The van der Waals surface area contributed by atoms with Crippen LogP contribution in [0.3, 0.4) is 0 Å². The van der Waals surface area contributed by atoms with Crippen molar-refractivity contribution in [1.82, 2.24) is 4.90 Å². The van der Waals surface area contributed by atoms with E-state index in [-0.39, 0.29) is 19.0 Å². The first kappa shape index (κ1) is 14.7. The van der Waals surface area contributed by atoms with Crippen LogP contribution in [0.1, 0.15) is 0 Å². The summed E-state index contributed by atoms with van der Waals surface area (Å²) >= 11 is 1.41. The molecule has 1 saturated heterocycles. The normalized spacial score (nSPS) is 20.5. The average molecular weight is 322 g/mol. The number of carboxylic acids is 1. The molecule has 1 amide bonds.